The Morgan fingerprint density at radius 1 is 1.41 bits per heavy atom. The molecule has 124 valence electrons. The van der Waals surface area contributed by atoms with E-state index in [9.17, 15) is 9.90 Å². The van der Waals surface area contributed by atoms with Gasteiger partial charge in [0.2, 0.25) is 5.89 Å². The highest BCUT2D eigenvalue weighted by molar-refractivity contribution is 5.74. The number of aliphatic hydroxyl groups is 1. The third-order valence-electron chi connectivity index (χ3n) is 4.43. The van der Waals surface area contributed by atoms with Gasteiger partial charge in [0.25, 0.3) is 0 Å². The van der Waals surface area contributed by atoms with E-state index in [-0.39, 0.29) is 12.6 Å². The third-order valence-corrected chi connectivity index (χ3v) is 4.43. The Labute approximate surface area is 130 Å². The van der Waals surface area contributed by atoms with Gasteiger partial charge in [-0.05, 0) is 32.6 Å². The molecule has 7 heteroatoms. The molecule has 2 rings (SSSR count). The number of hydrogen-bond acceptors (Lipinski definition) is 5. The molecule has 1 aromatic rings. The highest BCUT2D eigenvalue weighted by Crippen LogP contribution is 2.32. The molecule has 1 unspecified atom stereocenters. The van der Waals surface area contributed by atoms with Gasteiger partial charge in [0.1, 0.15) is 0 Å². The first-order valence-electron chi connectivity index (χ1n) is 7.99. The van der Waals surface area contributed by atoms with Crippen molar-refractivity contribution in [3.8, 4) is 0 Å². The summed E-state index contributed by atoms with van der Waals surface area (Å²) in [4.78, 5) is 16.1. The van der Waals surface area contributed by atoms with E-state index in [1.807, 2.05) is 6.92 Å². The molecule has 1 saturated carbocycles. The summed E-state index contributed by atoms with van der Waals surface area (Å²) >= 11 is 0. The van der Waals surface area contributed by atoms with Crippen LogP contribution >= 0.6 is 0 Å². The zero-order chi connectivity index (χ0) is 16.0. The van der Waals surface area contributed by atoms with Gasteiger partial charge < -0.3 is 20.3 Å². The van der Waals surface area contributed by atoms with Crippen molar-refractivity contribution in [2.24, 2.45) is 5.92 Å². The largest absolute Gasteiger partial charge is 0.394 e. The van der Waals surface area contributed by atoms with Crippen LogP contribution in [0.1, 0.15) is 50.7 Å². The molecular formula is C15H26N4O3. The molecule has 0 aliphatic heterocycles. The fraction of sp³-hybridized carbons (Fsp3) is 0.800. The standard InChI is InChI=1S/C15H26N4O3/c1-11-17-13(22-19-11)8-9-16-14(21)18-15(2,10-20)12-6-4-3-5-7-12/h12,20H,3-10H2,1-2H3,(H2,16,18,21). The van der Waals surface area contributed by atoms with Crippen molar-refractivity contribution in [2.75, 3.05) is 13.2 Å². The Bertz CT molecular complexity index is 485. The number of urea groups is 1. The van der Waals surface area contributed by atoms with E-state index in [2.05, 4.69) is 20.8 Å². The van der Waals surface area contributed by atoms with E-state index in [1.165, 1.54) is 19.3 Å². The van der Waals surface area contributed by atoms with Crippen LogP contribution in [0.15, 0.2) is 4.52 Å². The second-order valence-electron chi connectivity index (χ2n) is 6.28. The monoisotopic (exact) mass is 310 g/mol. The van der Waals surface area contributed by atoms with Crippen molar-refractivity contribution in [1.82, 2.24) is 20.8 Å². The van der Waals surface area contributed by atoms with Crippen LogP contribution in [0.25, 0.3) is 0 Å². The van der Waals surface area contributed by atoms with Crippen LogP contribution in [0.3, 0.4) is 0 Å². The van der Waals surface area contributed by atoms with E-state index in [4.69, 9.17) is 4.52 Å². The summed E-state index contributed by atoms with van der Waals surface area (Å²) in [5.41, 5.74) is -0.564. The van der Waals surface area contributed by atoms with Crippen molar-refractivity contribution in [1.29, 1.82) is 0 Å². The van der Waals surface area contributed by atoms with Gasteiger partial charge in [-0.15, -0.1) is 0 Å². The van der Waals surface area contributed by atoms with Gasteiger partial charge in [0, 0.05) is 13.0 Å². The van der Waals surface area contributed by atoms with Crippen LogP contribution in [0.5, 0.6) is 0 Å². The normalized spacial score (nSPS) is 18.7. The van der Waals surface area contributed by atoms with Crippen LogP contribution in [0.2, 0.25) is 0 Å². The molecule has 1 heterocycles. The number of aliphatic hydroxyl groups excluding tert-OH is 1. The summed E-state index contributed by atoms with van der Waals surface area (Å²) < 4.78 is 4.99. The SMILES string of the molecule is Cc1noc(CCNC(=O)NC(C)(CO)C2CCCCC2)n1. The first-order chi connectivity index (χ1) is 10.5. The summed E-state index contributed by atoms with van der Waals surface area (Å²) in [5, 5.41) is 19.1. The molecule has 0 bridgehead atoms. The van der Waals surface area contributed by atoms with Crippen molar-refractivity contribution >= 4 is 6.03 Å². The summed E-state index contributed by atoms with van der Waals surface area (Å²) in [5.74, 6) is 1.43. The van der Waals surface area contributed by atoms with Crippen LogP contribution in [-0.2, 0) is 6.42 Å². The average molecular weight is 310 g/mol. The fourth-order valence-corrected chi connectivity index (χ4v) is 3.04. The molecule has 1 aliphatic carbocycles. The quantitative estimate of drug-likeness (QED) is 0.740. The Hall–Kier alpha value is -1.63. The number of aryl methyl sites for hydroxylation is 1. The number of nitrogens with one attached hydrogen (secondary N) is 2. The molecule has 0 spiro atoms. The minimum atomic E-state index is -0.564. The van der Waals surface area contributed by atoms with Gasteiger partial charge in [0.05, 0.1) is 12.1 Å². The maximum absolute atomic E-state index is 12.1. The van der Waals surface area contributed by atoms with E-state index in [0.29, 0.717) is 30.6 Å². The van der Waals surface area contributed by atoms with Gasteiger partial charge in [-0.3, -0.25) is 0 Å². The molecule has 1 aromatic heterocycles. The first kappa shape index (κ1) is 16.7. The van der Waals surface area contributed by atoms with E-state index >= 15 is 0 Å². The fourth-order valence-electron chi connectivity index (χ4n) is 3.04. The van der Waals surface area contributed by atoms with E-state index in [1.54, 1.807) is 6.92 Å². The number of nitrogens with zero attached hydrogens (tertiary/aromatic N) is 2. The minimum Gasteiger partial charge on any atom is -0.394 e. The van der Waals surface area contributed by atoms with Crippen LogP contribution < -0.4 is 10.6 Å². The van der Waals surface area contributed by atoms with Gasteiger partial charge in [0.15, 0.2) is 5.82 Å². The highest BCUT2D eigenvalue weighted by atomic mass is 16.5. The van der Waals surface area contributed by atoms with Gasteiger partial charge in [-0.2, -0.15) is 4.98 Å². The van der Waals surface area contributed by atoms with Crippen LogP contribution in [0.4, 0.5) is 4.79 Å². The zero-order valence-electron chi connectivity index (χ0n) is 13.4. The smallest absolute Gasteiger partial charge is 0.315 e. The van der Waals surface area contributed by atoms with Crippen molar-refractivity contribution in [3.05, 3.63) is 11.7 Å². The number of aromatic nitrogens is 2. The Kier molecular flexibility index (Phi) is 5.76. The molecule has 7 nitrogen and oxygen atoms in total. The summed E-state index contributed by atoms with van der Waals surface area (Å²) in [6.07, 6.45) is 6.18. The molecule has 0 aromatic carbocycles. The lowest BCUT2D eigenvalue weighted by Crippen LogP contribution is -2.57. The summed E-state index contributed by atoms with van der Waals surface area (Å²) in [6.45, 7) is 4.04. The molecule has 1 fully saturated rings. The average Bonchev–Trinajstić information content (AvgIpc) is 2.93. The molecule has 0 saturated heterocycles. The highest BCUT2D eigenvalue weighted by Gasteiger charge is 2.35. The van der Waals surface area contributed by atoms with Crippen molar-refractivity contribution in [2.45, 2.75) is 57.9 Å². The molecule has 0 radical (unpaired) electrons. The number of carbonyl (C=O) groups excluding carboxylic acids is 1. The molecule has 3 N–H and O–H groups in total. The number of amides is 2. The Morgan fingerprint density at radius 2 is 2.14 bits per heavy atom. The lowest BCUT2D eigenvalue weighted by atomic mass is 9.76. The molecule has 1 atom stereocenters. The van der Waals surface area contributed by atoms with Crippen LogP contribution in [-0.4, -0.2) is 40.0 Å². The lowest BCUT2D eigenvalue weighted by molar-refractivity contribution is 0.101. The maximum Gasteiger partial charge on any atom is 0.315 e. The maximum atomic E-state index is 12.1. The second kappa shape index (κ2) is 7.58. The third kappa shape index (κ3) is 4.43. The predicted octanol–water partition coefficient (Wildman–Crippen LogP) is 1.55. The molecule has 1 aliphatic rings. The Balaban J connectivity index is 1.78. The minimum absolute atomic E-state index is 0.0477. The van der Waals surface area contributed by atoms with Gasteiger partial charge in [-0.25, -0.2) is 4.79 Å². The van der Waals surface area contributed by atoms with Crippen molar-refractivity contribution in [3.63, 3.8) is 0 Å². The number of rotatable bonds is 6. The second-order valence-corrected chi connectivity index (χ2v) is 6.28. The number of hydrogen-bond donors (Lipinski definition) is 3. The van der Waals surface area contributed by atoms with Crippen molar-refractivity contribution < 1.29 is 14.4 Å². The Morgan fingerprint density at radius 3 is 2.73 bits per heavy atom. The summed E-state index contributed by atoms with van der Waals surface area (Å²) in [6, 6.07) is -0.265. The molecule has 2 amide bonds. The summed E-state index contributed by atoms with van der Waals surface area (Å²) in [7, 11) is 0. The lowest BCUT2D eigenvalue weighted by Gasteiger charge is -2.39. The van der Waals surface area contributed by atoms with Gasteiger partial charge >= 0.3 is 6.03 Å². The predicted molar refractivity (Wildman–Crippen MR) is 81.3 cm³/mol. The van der Waals surface area contributed by atoms with Crippen LogP contribution in [0, 0.1) is 12.8 Å². The first-order valence-corrected chi connectivity index (χ1v) is 7.99. The molecular weight excluding hydrogens is 284 g/mol. The topological polar surface area (TPSA) is 100 Å². The molecule has 22 heavy (non-hydrogen) atoms. The van der Waals surface area contributed by atoms with Gasteiger partial charge in [-0.1, -0.05) is 24.4 Å². The van der Waals surface area contributed by atoms with E-state index in [0.717, 1.165) is 12.8 Å². The van der Waals surface area contributed by atoms with E-state index < -0.39 is 5.54 Å². The number of carbonyl (C=O) groups is 1. The zero-order valence-corrected chi connectivity index (χ0v) is 13.4.